The SMILES string of the molecule is CCOC(=O)c1oc2nc(-c3ccc(Cl)cc3)cc(C(F)(F)F)c2c1N. The van der Waals surface area contributed by atoms with Crippen LogP contribution in [-0.4, -0.2) is 17.6 Å². The molecule has 0 aliphatic carbocycles. The number of anilines is 1. The fourth-order valence-corrected chi connectivity index (χ4v) is 2.59. The van der Waals surface area contributed by atoms with Gasteiger partial charge < -0.3 is 14.9 Å². The lowest BCUT2D eigenvalue weighted by Gasteiger charge is -2.10. The number of halogens is 4. The lowest BCUT2D eigenvalue weighted by atomic mass is 10.1. The molecule has 0 unspecified atom stereocenters. The first kappa shape index (κ1) is 18.1. The monoisotopic (exact) mass is 384 g/mol. The van der Waals surface area contributed by atoms with Crippen LogP contribution in [0, 0.1) is 0 Å². The standard InChI is InChI=1S/C17H12ClF3N2O3/c1-2-25-16(24)14-13(22)12-10(17(19,20)21)7-11(23-15(12)26-14)8-3-5-9(18)6-4-8/h3-7H,2,22H2,1H3. The average molecular weight is 385 g/mol. The van der Waals surface area contributed by atoms with Gasteiger partial charge in [-0.3, -0.25) is 0 Å². The maximum absolute atomic E-state index is 13.6. The quantitative estimate of drug-likeness (QED) is 0.648. The zero-order valence-corrected chi connectivity index (χ0v) is 14.1. The number of hydrogen-bond donors (Lipinski definition) is 1. The van der Waals surface area contributed by atoms with Gasteiger partial charge in [-0.2, -0.15) is 13.2 Å². The number of alkyl halides is 3. The van der Waals surface area contributed by atoms with Gasteiger partial charge in [-0.25, -0.2) is 9.78 Å². The first-order valence-electron chi connectivity index (χ1n) is 7.45. The van der Waals surface area contributed by atoms with E-state index in [4.69, 9.17) is 26.5 Å². The van der Waals surface area contributed by atoms with Crippen LogP contribution in [0.25, 0.3) is 22.4 Å². The number of fused-ring (bicyclic) bond motifs is 1. The summed E-state index contributed by atoms with van der Waals surface area (Å²) in [6, 6.07) is 6.95. The highest BCUT2D eigenvalue weighted by Crippen LogP contribution is 2.41. The fourth-order valence-electron chi connectivity index (χ4n) is 2.46. The molecule has 3 aromatic rings. The normalized spacial score (nSPS) is 11.7. The summed E-state index contributed by atoms with van der Waals surface area (Å²) in [4.78, 5) is 15.9. The molecule has 0 saturated carbocycles. The molecule has 0 bridgehead atoms. The molecule has 0 atom stereocenters. The van der Waals surface area contributed by atoms with E-state index in [1.54, 1.807) is 6.92 Å². The van der Waals surface area contributed by atoms with Crippen LogP contribution in [0.2, 0.25) is 5.02 Å². The Balaban J connectivity index is 2.28. The van der Waals surface area contributed by atoms with Gasteiger partial charge in [-0.05, 0) is 25.1 Å². The average Bonchev–Trinajstić information content (AvgIpc) is 2.91. The van der Waals surface area contributed by atoms with Crippen LogP contribution >= 0.6 is 11.6 Å². The number of benzene rings is 1. The molecule has 26 heavy (non-hydrogen) atoms. The molecule has 0 spiro atoms. The van der Waals surface area contributed by atoms with Crippen molar-refractivity contribution in [3.05, 3.63) is 46.7 Å². The Morgan fingerprint density at radius 1 is 1.31 bits per heavy atom. The van der Waals surface area contributed by atoms with Crippen molar-refractivity contribution in [1.29, 1.82) is 0 Å². The van der Waals surface area contributed by atoms with Gasteiger partial charge in [-0.15, -0.1) is 0 Å². The van der Waals surface area contributed by atoms with Gasteiger partial charge in [0.1, 0.15) is 0 Å². The van der Waals surface area contributed by atoms with Gasteiger partial charge in [0, 0.05) is 10.6 Å². The predicted molar refractivity (Wildman–Crippen MR) is 89.8 cm³/mol. The molecule has 0 aliphatic rings. The molecular formula is C17H12ClF3N2O3. The van der Waals surface area contributed by atoms with Crippen molar-refractivity contribution in [1.82, 2.24) is 4.98 Å². The van der Waals surface area contributed by atoms with E-state index in [1.165, 1.54) is 24.3 Å². The Labute approximate surface area is 150 Å². The van der Waals surface area contributed by atoms with Gasteiger partial charge in [-0.1, -0.05) is 23.7 Å². The highest BCUT2D eigenvalue weighted by molar-refractivity contribution is 6.30. The van der Waals surface area contributed by atoms with E-state index >= 15 is 0 Å². The van der Waals surface area contributed by atoms with Gasteiger partial charge in [0.15, 0.2) is 0 Å². The first-order valence-corrected chi connectivity index (χ1v) is 7.83. The molecule has 2 aromatic heterocycles. The van der Waals surface area contributed by atoms with E-state index in [0.717, 1.165) is 6.07 Å². The van der Waals surface area contributed by atoms with Gasteiger partial charge >= 0.3 is 12.1 Å². The number of nitrogens with zero attached hydrogens (tertiary/aromatic N) is 1. The minimum atomic E-state index is -4.73. The Kier molecular flexibility index (Phi) is 4.53. The number of rotatable bonds is 3. The van der Waals surface area contributed by atoms with Crippen molar-refractivity contribution in [3.63, 3.8) is 0 Å². The number of furan rings is 1. The molecule has 0 fully saturated rings. The van der Waals surface area contributed by atoms with Crippen molar-refractivity contribution in [3.8, 4) is 11.3 Å². The van der Waals surface area contributed by atoms with Crippen LogP contribution in [-0.2, 0) is 10.9 Å². The summed E-state index contributed by atoms with van der Waals surface area (Å²) in [5, 5.41) is -0.0454. The molecule has 5 nitrogen and oxygen atoms in total. The fraction of sp³-hybridized carbons (Fsp3) is 0.176. The Bertz CT molecular complexity index is 982. The number of ether oxygens (including phenoxy) is 1. The van der Waals surface area contributed by atoms with Crippen molar-refractivity contribution < 1.29 is 27.1 Å². The largest absolute Gasteiger partial charge is 0.460 e. The van der Waals surface area contributed by atoms with Crippen LogP contribution in [0.3, 0.4) is 0 Å². The van der Waals surface area contributed by atoms with E-state index < -0.39 is 40.3 Å². The third-order valence-corrected chi connectivity index (χ3v) is 3.86. The summed E-state index contributed by atoms with van der Waals surface area (Å²) in [5.74, 6) is -1.46. The number of aromatic nitrogens is 1. The van der Waals surface area contributed by atoms with E-state index in [9.17, 15) is 18.0 Å². The van der Waals surface area contributed by atoms with Gasteiger partial charge in [0.2, 0.25) is 11.5 Å². The predicted octanol–water partition coefficient (Wildman–Crippen LogP) is 4.93. The zero-order valence-electron chi connectivity index (χ0n) is 13.4. The molecule has 1 aromatic carbocycles. The van der Waals surface area contributed by atoms with Crippen LogP contribution in [0.5, 0.6) is 0 Å². The van der Waals surface area contributed by atoms with E-state index in [1.807, 2.05) is 0 Å². The molecule has 0 aliphatic heterocycles. The minimum absolute atomic E-state index is 0.00523. The number of nitrogens with two attached hydrogens (primary N) is 1. The topological polar surface area (TPSA) is 78.3 Å². The molecule has 0 amide bonds. The summed E-state index contributed by atoms with van der Waals surface area (Å²) < 4.78 is 50.6. The Morgan fingerprint density at radius 3 is 2.54 bits per heavy atom. The summed E-state index contributed by atoms with van der Waals surface area (Å²) in [6.45, 7) is 1.57. The number of nitrogen functional groups attached to an aromatic ring is 1. The van der Waals surface area contributed by atoms with E-state index in [0.29, 0.717) is 10.6 Å². The number of carbonyl (C=O) groups excluding carboxylic acids is 1. The summed E-state index contributed by atoms with van der Waals surface area (Å²) in [5.41, 5.74) is 4.22. The van der Waals surface area contributed by atoms with Crippen molar-refractivity contribution in [2.24, 2.45) is 0 Å². The van der Waals surface area contributed by atoms with Crippen LogP contribution in [0.15, 0.2) is 34.7 Å². The van der Waals surface area contributed by atoms with E-state index in [-0.39, 0.29) is 12.3 Å². The third kappa shape index (κ3) is 3.20. The summed E-state index contributed by atoms with van der Waals surface area (Å²) >= 11 is 5.80. The molecule has 9 heteroatoms. The molecule has 2 N–H and O–H groups in total. The van der Waals surface area contributed by atoms with E-state index in [2.05, 4.69) is 4.98 Å². The number of carbonyl (C=O) groups is 1. The summed E-state index contributed by atoms with van der Waals surface area (Å²) in [7, 11) is 0. The number of pyridine rings is 1. The maximum Gasteiger partial charge on any atom is 0.417 e. The second kappa shape index (κ2) is 6.53. The number of hydrogen-bond acceptors (Lipinski definition) is 5. The Hall–Kier alpha value is -2.74. The Morgan fingerprint density at radius 2 is 1.96 bits per heavy atom. The highest BCUT2D eigenvalue weighted by atomic mass is 35.5. The number of esters is 1. The van der Waals surface area contributed by atoms with Crippen molar-refractivity contribution in [2.45, 2.75) is 13.1 Å². The molecule has 0 radical (unpaired) electrons. The zero-order chi connectivity index (χ0) is 19.1. The molecule has 3 rings (SSSR count). The van der Waals surface area contributed by atoms with Crippen LogP contribution in [0.4, 0.5) is 18.9 Å². The smallest absolute Gasteiger partial charge is 0.417 e. The third-order valence-electron chi connectivity index (χ3n) is 3.61. The minimum Gasteiger partial charge on any atom is -0.460 e. The van der Waals surface area contributed by atoms with Gasteiger partial charge in [0.25, 0.3) is 0 Å². The highest BCUT2D eigenvalue weighted by Gasteiger charge is 2.37. The van der Waals surface area contributed by atoms with Crippen molar-refractivity contribution in [2.75, 3.05) is 12.3 Å². The molecular weight excluding hydrogens is 373 g/mol. The lowest BCUT2D eigenvalue weighted by Crippen LogP contribution is -2.09. The van der Waals surface area contributed by atoms with Crippen LogP contribution in [0.1, 0.15) is 23.0 Å². The maximum atomic E-state index is 13.6. The molecule has 2 heterocycles. The van der Waals surface area contributed by atoms with Crippen LogP contribution < -0.4 is 5.73 Å². The lowest BCUT2D eigenvalue weighted by molar-refractivity contribution is -0.136. The molecule has 0 saturated heterocycles. The summed E-state index contributed by atoms with van der Waals surface area (Å²) in [6.07, 6.45) is -4.73. The second-order valence-corrected chi connectivity index (χ2v) is 5.74. The second-order valence-electron chi connectivity index (χ2n) is 5.31. The first-order chi connectivity index (χ1) is 12.2. The van der Waals surface area contributed by atoms with Crippen molar-refractivity contribution >= 4 is 34.4 Å². The molecule has 136 valence electrons. The van der Waals surface area contributed by atoms with Gasteiger partial charge in [0.05, 0.1) is 28.9 Å².